The summed E-state index contributed by atoms with van der Waals surface area (Å²) in [7, 11) is 0. The number of aliphatic carboxylic acids is 1. The smallest absolute Gasteiger partial charge is 0.303 e. The molecule has 0 aliphatic heterocycles. The van der Waals surface area contributed by atoms with E-state index in [4.69, 9.17) is 10.8 Å². The van der Waals surface area contributed by atoms with Gasteiger partial charge in [0.15, 0.2) is 0 Å². The molecular weight excluding hydrogens is 236 g/mol. The summed E-state index contributed by atoms with van der Waals surface area (Å²) in [6.45, 7) is 0.431. The number of hydrogen-bond donors (Lipinski definition) is 5. The molecule has 0 heterocycles. The zero-order chi connectivity index (χ0) is 11.8. The summed E-state index contributed by atoms with van der Waals surface area (Å²) in [6.07, 6.45) is 0.453. The number of rotatable bonds is 7. The van der Waals surface area contributed by atoms with Gasteiger partial charge in [-0.1, -0.05) is 0 Å². The zero-order valence-corrected chi connectivity index (χ0v) is 10.0. The van der Waals surface area contributed by atoms with E-state index >= 15 is 0 Å². The van der Waals surface area contributed by atoms with Crippen molar-refractivity contribution < 1.29 is 14.7 Å². The molecule has 0 spiro atoms. The predicted molar refractivity (Wildman–Crippen MR) is 64.2 cm³/mol. The lowest BCUT2D eigenvalue weighted by Crippen LogP contribution is -2.31. The topological polar surface area (TPSA) is 92.4 Å². The van der Waals surface area contributed by atoms with Crippen molar-refractivity contribution in [3.63, 3.8) is 0 Å². The fraction of sp³-hybridized carbons (Fsp3) is 0.750. The van der Waals surface area contributed by atoms with Crippen LogP contribution in [0, 0.1) is 0 Å². The lowest BCUT2D eigenvalue weighted by atomic mass is 10.2. The first-order chi connectivity index (χ1) is 6.93. The summed E-state index contributed by atoms with van der Waals surface area (Å²) in [5.41, 5.74) is 5.45. The maximum absolute atomic E-state index is 11.0. The van der Waals surface area contributed by atoms with Gasteiger partial charge in [0.25, 0.3) is 0 Å². The van der Waals surface area contributed by atoms with E-state index in [1.54, 1.807) is 0 Å². The van der Waals surface area contributed by atoms with Crippen LogP contribution in [0.5, 0.6) is 0 Å². The quantitative estimate of drug-likeness (QED) is 0.322. The number of carbonyl (C=O) groups is 2. The summed E-state index contributed by atoms with van der Waals surface area (Å²) in [5, 5.41) is 10.5. The number of nitrogens with two attached hydrogens (primary N) is 1. The van der Waals surface area contributed by atoms with Gasteiger partial charge in [0.1, 0.15) is 0 Å². The molecule has 2 atom stereocenters. The Labute approximate surface area is 99.6 Å². The Kier molecular flexibility index (Phi) is 7.63. The molecule has 2 unspecified atom stereocenters. The van der Waals surface area contributed by atoms with E-state index in [1.807, 2.05) is 0 Å². The van der Waals surface area contributed by atoms with Gasteiger partial charge < -0.3 is 16.2 Å². The Hall–Kier alpha value is -0.400. The van der Waals surface area contributed by atoms with E-state index in [0.29, 0.717) is 13.0 Å². The van der Waals surface area contributed by atoms with Crippen molar-refractivity contribution in [2.75, 3.05) is 6.54 Å². The molecule has 88 valence electrons. The van der Waals surface area contributed by atoms with Crippen molar-refractivity contribution >= 4 is 37.1 Å². The van der Waals surface area contributed by atoms with Crippen molar-refractivity contribution in [2.45, 2.75) is 29.9 Å². The minimum atomic E-state index is -0.977. The van der Waals surface area contributed by atoms with Gasteiger partial charge in [-0.2, -0.15) is 25.3 Å². The fourth-order valence-corrected chi connectivity index (χ4v) is 1.12. The van der Waals surface area contributed by atoms with E-state index in [-0.39, 0.29) is 29.4 Å². The highest BCUT2D eigenvalue weighted by atomic mass is 32.1. The highest BCUT2D eigenvalue weighted by Gasteiger charge is 2.10. The third-order valence-corrected chi connectivity index (χ3v) is 2.90. The van der Waals surface area contributed by atoms with Crippen LogP contribution in [-0.4, -0.2) is 34.2 Å². The van der Waals surface area contributed by atoms with E-state index in [0.717, 1.165) is 0 Å². The number of carboxylic acids is 1. The third-order valence-electron chi connectivity index (χ3n) is 1.72. The summed E-state index contributed by atoms with van der Waals surface area (Å²) >= 11 is 8.16. The summed E-state index contributed by atoms with van der Waals surface area (Å²) < 4.78 is 0. The second-order valence-corrected chi connectivity index (χ2v) is 4.35. The number of carboxylic acid groups (broad SMARTS) is 1. The fourth-order valence-electron chi connectivity index (χ4n) is 0.839. The number of nitrogens with one attached hydrogen (secondary N) is 1. The van der Waals surface area contributed by atoms with Crippen molar-refractivity contribution in [3.05, 3.63) is 0 Å². The third kappa shape index (κ3) is 8.59. The van der Waals surface area contributed by atoms with Crippen LogP contribution in [0.3, 0.4) is 0 Å². The van der Waals surface area contributed by atoms with Crippen molar-refractivity contribution in [2.24, 2.45) is 5.73 Å². The molecule has 0 aliphatic rings. The van der Waals surface area contributed by atoms with Crippen LogP contribution < -0.4 is 11.1 Å². The Bertz CT molecular complexity index is 224. The Balaban J connectivity index is 3.51. The van der Waals surface area contributed by atoms with Gasteiger partial charge >= 0.3 is 5.97 Å². The van der Waals surface area contributed by atoms with Crippen molar-refractivity contribution in [1.82, 2.24) is 5.32 Å². The minimum absolute atomic E-state index is 0.000496. The average Bonchev–Trinajstić information content (AvgIpc) is 2.14. The molecule has 15 heavy (non-hydrogen) atoms. The summed E-state index contributed by atoms with van der Waals surface area (Å²) in [6, 6.07) is 0. The molecule has 1 amide bonds. The molecule has 0 aromatic heterocycles. The van der Waals surface area contributed by atoms with Crippen LogP contribution in [0.4, 0.5) is 0 Å². The van der Waals surface area contributed by atoms with Gasteiger partial charge in [-0.3, -0.25) is 9.59 Å². The molecule has 4 N–H and O–H groups in total. The monoisotopic (exact) mass is 252 g/mol. The Morgan fingerprint density at radius 2 is 1.93 bits per heavy atom. The van der Waals surface area contributed by atoms with Crippen LogP contribution in [0.2, 0.25) is 0 Å². The second-order valence-electron chi connectivity index (χ2n) is 3.09. The summed E-state index contributed by atoms with van der Waals surface area (Å²) in [5.74, 6) is -1.25. The first kappa shape index (κ1) is 14.6. The van der Waals surface area contributed by atoms with Crippen LogP contribution in [0.1, 0.15) is 19.3 Å². The van der Waals surface area contributed by atoms with Gasteiger partial charge in [-0.15, -0.1) is 0 Å². The van der Waals surface area contributed by atoms with Gasteiger partial charge in [0.2, 0.25) is 5.91 Å². The van der Waals surface area contributed by atoms with Crippen LogP contribution >= 0.6 is 25.3 Å². The molecule has 0 bridgehead atoms. The number of thiol groups is 2. The number of hydrogen-bond acceptors (Lipinski definition) is 5. The first-order valence-electron chi connectivity index (χ1n) is 4.53. The first-order valence-corrected chi connectivity index (χ1v) is 5.57. The molecule has 0 saturated carbocycles. The van der Waals surface area contributed by atoms with Gasteiger partial charge in [-0.25, -0.2) is 0 Å². The molecule has 7 heteroatoms. The van der Waals surface area contributed by atoms with Crippen molar-refractivity contribution in [3.8, 4) is 0 Å². The largest absolute Gasteiger partial charge is 0.481 e. The van der Waals surface area contributed by atoms with E-state index in [2.05, 4.69) is 30.6 Å². The Morgan fingerprint density at radius 1 is 1.33 bits per heavy atom. The molecule has 0 aromatic rings. The Morgan fingerprint density at radius 3 is 2.40 bits per heavy atom. The normalized spacial score (nSPS) is 14.3. The minimum Gasteiger partial charge on any atom is -0.481 e. The molecule has 0 radical (unpaired) electrons. The second kappa shape index (κ2) is 7.84. The summed E-state index contributed by atoms with van der Waals surface area (Å²) in [4.78, 5) is 21.2. The lowest BCUT2D eigenvalue weighted by molar-refractivity contribution is -0.138. The molecule has 5 nitrogen and oxygen atoms in total. The maximum atomic E-state index is 11.0. The highest BCUT2D eigenvalue weighted by molar-refractivity contribution is 7.85. The van der Waals surface area contributed by atoms with Crippen LogP contribution in [0.15, 0.2) is 0 Å². The van der Waals surface area contributed by atoms with Gasteiger partial charge in [0.05, 0.1) is 11.8 Å². The molecular formula is C8H16N2O3S2. The molecule has 0 aromatic carbocycles. The molecule has 0 fully saturated rings. The van der Waals surface area contributed by atoms with E-state index in [9.17, 15) is 9.59 Å². The number of amides is 1. The number of carbonyl (C=O) groups excluding carboxylic acids is 1. The van der Waals surface area contributed by atoms with Crippen LogP contribution in [0.25, 0.3) is 0 Å². The molecule has 0 aliphatic carbocycles. The van der Waals surface area contributed by atoms with E-state index < -0.39 is 5.97 Å². The molecule has 0 saturated heterocycles. The average molecular weight is 252 g/mol. The lowest BCUT2D eigenvalue weighted by Gasteiger charge is -2.13. The molecule has 0 rings (SSSR count). The standard InChI is InChI=1S/C8H16N2O3S2/c9-8(15)5(14)3-4-10-6(11)1-2-7(12)13/h5,8,14-15H,1-4,9H2,(H,10,11)(H,12,13). The predicted octanol–water partition coefficient (Wildman–Crippen LogP) is -0.130. The SMILES string of the molecule is NC(S)C(S)CCNC(=O)CCC(=O)O. The van der Waals surface area contributed by atoms with Gasteiger partial charge in [0, 0.05) is 18.2 Å². The maximum Gasteiger partial charge on any atom is 0.303 e. The highest BCUT2D eigenvalue weighted by Crippen LogP contribution is 2.06. The van der Waals surface area contributed by atoms with E-state index in [1.165, 1.54) is 0 Å². The van der Waals surface area contributed by atoms with Crippen LogP contribution in [-0.2, 0) is 9.59 Å². The van der Waals surface area contributed by atoms with Crippen molar-refractivity contribution in [1.29, 1.82) is 0 Å². The van der Waals surface area contributed by atoms with Gasteiger partial charge in [-0.05, 0) is 6.42 Å². The zero-order valence-electron chi connectivity index (χ0n) is 8.22.